The Labute approximate surface area is 188 Å². The van der Waals surface area contributed by atoms with Crippen LogP contribution in [0.25, 0.3) is 0 Å². The van der Waals surface area contributed by atoms with Crippen LogP contribution >= 0.6 is 0 Å². The summed E-state index contributed by atoms with van der Waals surface area (Å²) in [5.41, 5.74) is 8.28. The molecule has 0 aliphatic rings. The number of hydrogen-bond acceptors (Lipinski definition) is 6. The molecule has 7 nitrogen and oxygen atoms in total. The number of furan rings is 1. The van der Waals surface area contributed by atoms with Gasteiger partial charge in [-0.25, -0.2) is 14.8 Å². The maximum Gasteiger partial charge on any atom is 0.341 e. The number of esters is 1. The zero-order chi connectivity index (χ0) is 23.6. The molecule has 0 aliphatic carbocycles. The van der Waals surface area contributed by atoms with E-state index < -0.39 is 11.9 Å². The standard InChI is InChI=1S/C25H29N3O4/c1-8-31-24(30)21-12-26-25(27-18(21)7)28-23(29)22-10-9-19(32-22)11-20-16(5)14(3)13(2)15(4)17(20)6/h9-10,12H,8,11H2,1-7H3,(H,26,27,28,29). The van der Waals surface area contributed by atoms with E-state index in [1.807, 2.05) is 6.07 Å². The monoisotopic (exact) mass is 435 g/mol. The first-order valence-corrected chi connectivity index (χ1v) is 10.6. The zero-order valence-electron chi connectivity index (χ0n) is 19.7. The number of aryl methyl sites for hydroxylation is 1. The van der Waals surface area contributed by atoms with E-state index in [0.717, 1.165) is 0 Å². The smallest absolute Gasteiger partial charge is 0.341 e. The molecule has 7 heteroatoms. The topological polar surface area (TPSA) is 94.3 Å². The van der Waals surface area contributed by atoms with Crippen molar-refractivity contribution in [3.63, 3.8) is 0 Å². The SMILES string of the molecule is CCOC(=O)c1cnc(NC(=O)c2ccc(Cc3c(C)c(C)c(C)c(C)c3C)o2)nc1C. The molecule has 2 aromatic heterocycles. The first kappa shape index (κ1) is 23.2. The second-order valence-corrected chi connectivity index (χ2v) is 7.91. The first-order valence-electron chi connectivity index (χ1n) is 10.6. The average molecular weight is 436 g/mol. The molecule has 0 spiro atoms. The Morgan fingerprint density at radius 1 is 0.969 bits per heavy atom. The minimum absolute atomic E-state index is 0.0926. The quantitative estimate of drug-likeness (QED) is 0.551. The highest BCUT2D eigenvalue weighted by atomic mass is 16.5. The molecule has 0 unspecified atom stereocenters. The van der Waals surface area contributed by atoms with Crippen molar-refractivity contribution in [3.8, 4) is 0 Å². The van der Waals surface area contributed by atoms with Crippen LogP contribution in [0.1, 0.15) is 72.7 Å². The molecular weight excluding hydrogens is 406 g/mol. The molecule has 3 aromatic rings. The summed E-state index contributed by atoms with van der Waals surface area (Å²) >= 11 is 0. The largest absolute Gasteiger partial charge is 0.462 e. The predicted octanol–water partition coefficient (Wildman–Crippen LogP) is 4.94. The first-order chi connectivity index (χ1) is 15.1. The van der Waals surface area contributed by atoms with Gasteiger partial charge in [-0.1, -0.05) is 0 Å². The Balaban J connectivity index is 1.76. The van der Waals surface area contributed by atoms with Gasteiger partial charge in [-0.05, 0) is 94.0 Å². The average Bonchev–Trinajstić information content (AvgIpc) is 3.23. The summed E-state index contributed by atoms with van der Waals surface area (Å²) < 4.78 is 10.8. The Bertz CT molecular complexity index is 1170. The minimum atomic E-state index is -0.495. The van der Waals surface area contributed by atoms with Crippen LogP contribution < -0.4 is 5.32 Å². The maximum absolute atomic E-state index is 12.6. The third kappa shape index (κ3) is 4.56. The van der Waals surface area contributed by atoms with E-state index in [-0.39, 0.29) is 23.9 Å². The second-order valence-electron chi connectivity index (χ2n) is 7.91. The van der Waals surface area contributed by atoms with E-state index in [9.17, 15) is 9.59 Å². The molecule has 2 heterocycles. The molecule has 0 bridgehead atoms. The number of amides is 1. The van der Waals surface area contributed by atoms with Crippen LogP contribution in [0.4, 0.5) is 5.95 Å². The Hall–Kier alpha value is -3.48. The third-order valence-electron chi connectivity index (χ3n) is 6.09. The summed E-state index contributed by atoms with van der Waals surface area (Å²) in [6.45, 7) is 14.3. The van der Waals surface area contributed by atoms with Gasteiger partial charge in [0, 0.05) is 12.6 Å². The van der Waals surface area contributed by atoms with Gasteiger partial charge in [0.25, 0.3) is 5.91 Å². The molecule has 0 saturated heterocycles. The molecule has 1 aromatic carbocycles. The summed E-state index contributed by atoms with van der Waals surface area (Å²) in [7, 11) is 0. The number of carbonyl (C=O) groups is 2. The van der Waals surface area contributed by atoms with Crippen molar-refractivity contribution >= 4 is 17.8 Å². The molecule has 32 heavy (non-hydrogen) atoms. The normalized spacial score (nSPS) is 10.8. The molecule has 0 saturated carbocycles. The number of carbonyl (C=O) groups excluding carboxylic acids is 2. The van der Waals surface area contributed by atoms with Gasteiger partial charge < -0.3 is 9.15 Å². The van der Waals surface area contributed by atoms with Gasteiger partial charge in [-0.3, -0.25) is 10.1 Å². The van der Waals surface area contributed by atoms with Crippen LogP contribution in [0, 0.1) is 41.5 Å². The minimum Gasteiger partial charge on any atom is -0.462 e. The lowest BCUT2D eigenvalue weighted by Gasteiger charge is -2.18. The lowest BCUT2D eigenvalue weighted by atomic mass is 9.88. The molecule has 1 amide bonds. The molecule has 168 valence electrons. The fraction of sp³-hybridized carbons (Fsp3) is 0.360. The molecule has 1 N–H and O–H groups in total. The van der Waals surface area contributed by atoms with Crippen LogP contribution in [0.15, 0.2) is 22.7 Å². The van der Waals surface area contributed by atoms with Crippen LogP contribution in [0.2, 0.25) is 0 Å². The number of aromatic nitrogens is 2. The fourth-order valence-corrected chi connectivity index (χ4v) is 3.71. The van der Waals surface area contributed by atoms with Gasteiger partial charge in [0.1, 0.15) is 5.76 Å². The van der Waals surface area contributed by atoms with E-state index in [1.165, 1.54) is 39.6 Å². The van der Waals surface area contributed by atoms with Gasteiger partial charge in [0.15, 0.2) is 5.76 Å². The predicted molar refractivity (Wildman–Crippen MR) is 122 cm³/mol. The number of benzene rings is 1. The number of nitrogens with zero attached hydrogens (tertiary/aromatic N) is 2. The highest BCUT2D eigenvalue weighted by Gasteiger charge is 2.18. The highest BCUT2D eigenvalue weighted by Crippen LogP contribution is 2.28. The maximum atomic E-state index is 12.6. The lowest BCUT2D eigenvalue weighted by molar-refractivity contribution is 0.0524. The van der Waals surface area contributed by atoms with Crippen molar-refractivity contribution in [1.82, 2.24) is 9.97 Å². The number of nitrogens with one attached hydrogen (secondary N) is 1. The van der Waals surface area contributed by atoms with Gasteiger partial charge in [0.2, 0.25) is 5.95 Å². The Morgan fingerprint density at radius 3 is 2.19 bits per heavy atom. The van der Waals surface area contributed by atoms with E-state index in [2.05, 4.69) is 49.9 Å². The number of hydrogen-bond donors (Lipinski definition) is 1. The van der Waals surface area contributed by atoms with Crippen LogP contribution in [-0.2, 0) is 11.2 Å². The third-order valence-corrected chi connectivity index (χ3v) is 6.09. The molecule has 0 fully saturated rings. The van der Waals surface area contributed by atoms with Gasteiger partial charge in [-0.15, -0.1) is 0 Å². The van der Waals surface area contributed by atoms with Crippen LogP contribution in [-0.4, -0.2) is 28.5 Å². The number of ether oxygens (including phenoxy) is 1. The van der Waals surface area contributed by atoms with Crippen molar-refractivity contribution in [2.24, 2.45) is 0 Å². The molecule has 3 rings (SSSR count). The lowest BCUT2D eigenvalue weighted by Crippen LogP contribution is -2.16. The van der Waals surface area contributed by atoms with Crippen molar-refractivity contribution in [3.05, 3.63) is 74.5 Å². The van der Waals surface area contributed by atoms with Crippen molar-refractivity contribution in [2.45, 2.75) is 54.9 Å². The molecule has 0 aliphatic heterocycles. The zero-order valence-corrected chi connectivity index (χ0v) is 19.7. The fourth-order valence-electron chi connectivity index (χ4n) is 3.71. The number of anilines is 1. The van der Waals surface area contributed by atoms with Crippen molar-refractivity contribution in [2.75, 3.05) is 11.9 Å². The summed E-state index contributed by atoms with van der Waals surface area (Å²) in [6, 6.07) is 3.46. The van der Waals surface area contributed by atoms with Crippen LogP contribution in [0.5, 0.6) is 0 Å². The Kier molecular flexibility index (Phi) is 6.77. The van der Waals surface area contributed by atoms with E-state index in [1.54, 1.807) is 19.9 Å². The van der Waals surface area contributed by atoms with Crippen molar-refractivity contribution in [1.29, 1.82) is 0 Å². The second kappa shape index (κ2) is 9.34. The highest BCUT2D eigenvalue weighted by molar-refractivity contribution is 6.01. The van der Waals surface area contributed by atoms with Gasteiger partial charge >= 0.3 is 5.97 Å². The summed E-state index contributed by atoms with van der Waals surface area (Å²) in [6.07, 6.45) is 1.95. The molecule has 0 radical (unpaired) electrons. The van der Waals surface area contributed by atoms with E-state index in [4.69, 9.17) is 9.15 Å². The number of rotatable bonds is 6. The summed E-state index contributed by atoms with van der Waals surface area (Å²) in [5.74, 6) is 0.0234. The Morgan fingerprint density at radius 2 is 1.59 bits per heavy atom. The van der Waals surface area contributed by atoms with E-state index >= 15 is 0 Å². The van der Waals surface area contributed by atoms with E-state index in [0.29, 0.717) is 17.9 Å². The van der Waals surface area contributed by atoms with Gasteiger partial charge in [-0.2, -0.15) is 0 Å². The summed E-state index contributed by atoms with van der Waals surface area (Å²) in [4.78, 5) is 32.7. The van der Waals surface area contributed by atoms with Crippen LogP contribution in [0.3, 0.4) is 0 Å². The molecular formula is C25H29N3O4. The summed E-state index contributed by atoms with van der Waals surface area (Å²) in [5, 5.41) is 2.62. The molecule has 0 atom stereocenters. The van der Waals surface area contributed by atoms with Gasteiger partial charge in [0.05, 0.1) is 17.9 Å². The van der Waals surface area contributed by atoms with Crippen molar-refractivity contribution < 1.29 is 18.7 Å².